The van der Waals surface area contributed by atoms with Gasteiger partial charge >= 0.3 is 0 Å². The van der Waals surface area contributed by atoms with Crippen molar-refractivity contribution in [3.05, 3.63) is 42.5 Å². The van der Waals surface area contributed by atoms with Crippen molar-refractivity contribution >= 4 is 0 Å². The maximum absolute atomic E-state index is 10.0. The minimum absolute atomic E-state index is 0.110. The molecule has 2 nitrogen and oxygen atoms in total. The van der Waals surface area contributed by atoms with Gasteiger partial charge < -0.3 is 9.84 Å². The summed E-state index contributed by atoms with van der Waals surface area (Å²) in [4.78, 5) is 0. The van der Waals surface area contributed by atoms with E-state index in [-0.39, 0.29) is 5.92 Å². The van der Waals surface area contributed by atoms with Crippen molar-refractivity contribution < 1.29 is 9.84 Å². The Morgan fingerprint density at radius 3 is 2.40 bits per heavy atom. The Balaban J connectivity index is 2.81. The molecule has 1 N–H and O–H groups in total. The van der Waals surface area contributed by atoms with Crippen LogP contribution in [0.5, 0.6) is 5.75 Å². The van der Waals surface area contributed by atoms with Gasteiger partial charge in [-0.25, -0.2) is 0 Å². The van der Waals surface area contributed by atoms with Gasteiger partial charge in [0.25, 0.3) is 0 Å². The molecule has 1 aromatic rings. The van der Waals surface area contributed by atoms with Gasteiger partial charge in [-0.3, -0.25) is 0 Å². The monoisotopic (exact) mass is 206 g/mol. The molecule has 1 aromatic carbocycles. The number of methoxy groups -OCH3 is 1. The van der Waals surface area contributed by atoms with Crippen molar-refractivity contribution in [1.29, 1.82) is 0 Å². The molecule has 0 aromatic heterocycles. The highest BCUT2D eigenvalue weighted by Gasteiger charge is 2.15. The van der Waals surface area contributed by atoms with Gasteiger partial charge in [0.15, 0.2) is 0 Å². The number of rotatable bonds is 5. The van der Waals surface area contributed by atoms with Crippen LogP contribution in [0.3, 0.4) is 0 Å². The third kappa shape index (κ3) is 2.83. The van der Waals surface area contributed by atoms with Crippen LogP contribution in [0.25, 0.3) is 0 Å². The van der Waals surface area contributed by atoms with Crippen molar-refractivity contribution in [2.45, 2.75) is 19.4 Å². The van der Waals surface area contributed by atoms with Crippen LogP contribution in [0.2, 0.25) is 0 Å². The Labute approximate surface area is 91.2 Å². The summed E-state index contributed by atoms with van der Waals surface area (Å²) < 4.78 is 5.06. The predicted molar refractivity (Wildman–Crippen MR) is 61.9 cm³/mol. The van der Waals surface area contributed by atoms with Crippen LogP contribution < -0.4 is 4.74 Å². The predicted octanol–water partition coefficient (Wildman–Crippen LogP) is 2.94. The van der Waals surface area contributed by atoms with E-state index in [1.807, 2.05) is 31.2 Å². The van der Waals surface area contributed by atoms with Crippen LogP contribution in [0.1, 0.15) is 25.0 Å². The first-order valence-electron chi connectivity index (χ1n) is 5.17. The lowest BCUT2D eigenvalue weighted by Gasteiger charge is -2.18. The normalized spacial score (nSPS) is 14.3. The molecule has 0 aliphatic carbocycles. The first-order chi connectivity index (χ1) is 7.22. The Morgan fingerprint density at radius 2 is 2.00 bits per heavy atom. The molecule has 0 unspecified atom stereocenters. The zero-order valence-electron chi connectivity index (χ0n) is 9.31. The molecule has 0 saturated heterocycles. The smallest absolute Gasteiger partial charge is 0.118 e. The molecular weight excluding hydrogens is 188 g/mol. The Kier molecular flexibility index (Phi) is 4.37. The molecule has 0 fully saturated rings. The topological polar surface area (TPSA) is 29.5 Å². The van der Waals surface area contributed by atoms with Gasteiger partial charge in [-0.2, -0.15) is 0 Å². The second kappa shape index (κ2) is 5.56. The fraction of sp³-hybridized carbons (Fsp3) is 0.385. The summed E-state index contributed by atoms with van der Waals surface area (Å²) in [6, 6.07) is 7.48. The molecule has 0 amide bonds. The number of benzene rings is 1. The van der Waals surface area contributed by atoms with Gasteiger partial charge in [0.05, 0.1) is 13.2 Å². The van der Waals surface area contributed by atoms with E-state index < -0.39 is 6.10 Å². The summed E-state index contributed by atoms with van der Waals surface area (Å²) in [6.45, 7) is 5.77. The highest BCUT2D eigenvalue weighted by molar-refractivity contribution is 5.29. The first kappa shape index (κ1) is 11.8. The van der Waals surface area contributed by atoms with E-state index in [9.17, 15) is 5.11 Å². The summed E-state index contributed by atoms with van der Waals surface area (Å²) in [5, 5.41) is 10.0. The number of hydrogen-bond donors (Lipinski definition) is 1. The van der Waals surface area contributed by atoms with Crippen LogP contribution in [-0.4, -0.2) is 12.2 Å². The zero-order chi connectivity index (χ0) is 11.3. The molecule has 0 radical (unpaired) electrons. The first-order valence-corrected chi connectivity index (χ1v) is 5.17. The lowest BCUT2D eigenvalue weighted by molar-refractivity contribution is 0.129. The minimum Gasteiger partial charge on any atom is -0.497 e. The molecule has 0 heterocycles. The van der Waals surface area contributed by atoms with Crippen molar-refractivity contribution in [3.8, 4) is 5.75 Å². The second-order valence-electron chi connectivity index (χ2n) is 3.53. The molecule has 0 saturated carbocycles. The van der Waals surface area contributed by atoms with Crippen LogP contribution in [0, 0.1) is 5.92 Å². The van der Waals surface area contributed by atoms with Crippen LogP contribution in [0.4, 0.5) is 0 Å². The summed E-state index contributed by atoms with van der Waals surface area (Å²) in [5.41, 5.74) is 0.905. The molecular formula is C13H18O2. The number of aliphatic hydroxyl groups excluding tert-OH is 1. The third-order valence-corrected chi connectivity index (χ3v) is 2.64. The molecule has 1 rings (SSSR count). The van der Waals surface area contributed by atoms with Crippen molar-refractivity contribution in [3.63, 3.8) is 0 Å². The Hall–Kier alpha value is -1.28. The van der Waals surface area contributed by atoms with E-state index in [0.29, 0.717) is 0 Å². The van der Waals surface area contributed by atoms with Crippen molar-refractivity contribution in [1.82, 2.24) is 0 Å². The molecule has 0 aliphatic heterocycles. The molecule has 0 aliphatic rings. The standard InChI is InChI=1S/C13H18O2/c1-4-10(5-2)13(14)11-6-8-12(15-3)9-7-11/h4,6-10,13-14H,1,5H2,2-3H3/t10-,13+/m0/s1. The largest absolute Gasteiger partial charge is 0.497 e. The van der Waals surface area contributed by atoms with Gasteiger partial charge in [-0.1, -0.05) is 25.1 Å². The highest BCUT2D eigenvalue weighted by atomic mass is 16.5. The highest BCUT2D eigenvalue weighted by Crippen LogP contribution is 2.26. The van der Waals surface area contributed by atoms with Crippen molar-refractivity contribution in [2.24, 2.45) is 5.92 Å². The van der Waals surface area contributed by atoms with E-state index >= 15 is 0 Å². The number of ether oxygens (including phenoxy) is 1. The maximum Gasteiger partial charge on any atom is 0.118 e. The van der Waals surface area contributed by atoms with Gasteiger partial charge in [-0.15, -0.1) is 6.58 Å². The SMILES string of the molecule is C=C[C@@H](CC)[C@@H](O)c1ccc(OC)cc1. The fourth-order valence-corrected chi connectivity index (χ4v) is 1.57. The number of aliphatic hydroxyl groups is 1. The van der Waals surface area contributed by atoms with Gasteiger partial charge in [-0.05, 0) is 24.1 Å². The second-order valence-corrected chi connectivity index (χ2v) is 3.53. The van der Waals surface area contributed by atoms with Crippen LogP contribution >= 0.6 is 0 Å². The average Bonchev–Trinajstić information content (AvgIpc) is 2.30. The Morgan fingerprint density at radius 1 is 1.40 bits per heavy atom. The summed E-state index contributed by atoms with van der Waals surface area (Å²) in [6.07, 6.45) is 2.21. The van der Waals surface area contributed by atoms with E-state index in [0.717, 1.165) is 17.7 Å². The Bertz CT molecular complexity index is 303. The van der Waals surface area contributed by atoms with Crippen LogP contribution in [-0.2, 0) is 0 Å². The lowest BCUT2D eigenvalue weighted by Crippen LogP contribution is -2.08. The van der Waals surface area contributed by atoms with Crippen LogP contribution in [0.15, 0.2) is 36.9 Å². The van der Waals surface area contributed by atoms with Gasteiger partial charge in [0, 0.05) is 5.92 Å². The number of hydrogen-bond acceptors (Lipinski definition) is 2. The van der Waals surface area contributed by atoms with E-state index in [1.165, 1.54) is 0 Å². The third-order valence-electron chi connectivity index (χ3n) is 2.64. The lowest BCUT2D eigenvalue weighted by atomic mass is 9.94. The molecule has 2 atom stereocenters. The summed E-state index contributed by atoms with van der Waals surface area (Å²) in [5.74, 6) is 0.913. The fourth-order valence-electron chi connectivity index (χ4n) is 1.57. The van der Waals surface area contributed by atoms with E-state index in [2.05, 4.69) is 6.58 Å². The maximum atomic E-state index is 10.0. The summed E-state index contributed by atoms with van der Waals surface area (Å²) >= 11 is 0. The van der Waals surface area contributed by atoms with E-state index in [4.69, 9.17) is 4.74 Å². The molecule has 0 spiro atoms. The molecule has 2 heteroatoms. The molecule has 82 valence electrons. The quantitative estimate of drug-likeness (QED) is 0.750. The van der Waals surface area contributed by atoms with E-state index in [1.54, 1.807) is 13.2 Å². The van der Waals surface area contributed by atoms with Gasteiger partial charge in [0.2, 0.25) is 0 Å². The van der Waals surface area contributed by atoms with Crippen molar-refractivity contribution in [2.75, 3.05) is 7.11 Å². The zero-order valence-corrected chi connectivity index (χ0v) is 9.31. The molecule has 15 heavy (non-hydrogen) atoms. The van der Waals surface area contributed by atoms with Gasteiger partial charge in [0.1, 0.15) is 5.75 Å². The average molecular weight is 206 g/mol. The summed E-state index contributed by atoms with van der Waals surface area (Å²) in [7, 11) is 1.63. The minimum atomic E-state index is -0.474. The molecule has 0 bridgehead atoms.